The summed E-state index contributed by atoms with van der Waals surface area (Å²) >= 11 is 0. The monoisotopic (exact) mass is 188 g/mol. The van der Waals surface area contributed by atoms with Crippen LogP contribution in [0.15, 0.2) is 18.2 Å². The highest BCUT2D eigenvalue weighted by atomic mass is 16.1. The fourth-order valence-electron chi connectivity index (χ4n) is 2.13. The summed E-state index contributed by atoms with van der Waals surface area (Å²) in [6.45, 7) is 6.17. The van der Waals surface area contributed by atoms with Crippen LogP contribution >= 0.6 is 0 Å². The SMILES string of the molecule is CCc1ccc2c(c1)C(=O)C(C)(C)C2. The molecule has 1 aromatic rings. The van der Waals surface area contributed by atoms with Crippen molar-refractivity contribution in [3.05, 3.63) is 34.9 Å². The molecule has 1 aromatic carbocycles. The molecule has 0 spiro atoms. The van der Waals surface area contributed by atoms with E-state index in [0.29, 0.717) is 5.78 Å². The highest BCUT2D eigenvalue weighted by Gasteiger charge is 2.37. The molecular weight excluding hydrogens is 172 g/mol. The minimum atomic E-state index is -0.186. The summed E-state index contributed by atoms with van der Waals surface area (Å²) in [7, 11) is 0. The van der Waals surface area contributed by atoms with Gasteiger partial charge in [-0.15, -0.1) is 0 Å². The first-order valence-corrected chi connectivity index (χ1v) is 5.21. The second-order valence-corrected chi connectivity index (χ2v) is 4.73. The van der Waals surface area contributed by atoms with Crippen LogP contribution in [-0.4, -0.2) is 5.78 Å². The maximum atomic E-state index is 12.0. The van der Waals surface area contributed by atoms with Crippen LogP contribution in [0.3, 0.4) is 0 Å². The van der Waals surface area contributed by atoms with Gasteiger partial charge in [-0.2, -0.15) is 0 Å². The molecule has 2 rings (SSSR count). The van der Waals surface area contributed by atoms with Crippen molar-refractivity contribution >= 4 is 5.78 Å². The molecule has 0 bridgehead atoms. The summed E-state index contributed by atoms with van der Waals surface area (Å²) < 4.78 is 0. The van der Waals surface area contributed by atoms with Gasteiger partial charge in [0, 0.05) is 11.0 Å². The van der Waals surface area contributed by atoms with Crippen LogP contribution in [0, 0.1) is 5.41 Å². The molecule has 0 unspecified atom stereocenters. The number of fused-ring (bicyclic) bond motifs is 1. The standard InChI is InChI=1S/C13H16O/c1-4-9-5-6-10-8-13(2,3)12(14)11(10)7-9/h5-7H,4,8H2,1-3H3. The molecule has 0 fully saturated rings. The number of carbonyl (C=O) groups excluding carboxylic acids is 1. The number of carbonyl (C=O) groups is 1. The molecule has 1 nitrogen and oxygen atoms in total. The zero-order valence-electron chi connectivity index (χ0n) is 9.05. The van der Waals surface area contributed by atoms with Crippen molar-refractivity contribution in [1.82, 2.24) is 0 Å². The zero-order valence-corrected chi connectivity index (χ0v) is 9.05. The van der Waals surface area contributed by atoms with Crippen molar-refractivity contribution in [3.63, 3.8) is 0 Å². The molecule has 1 heteroatoms. The topological polar surface area (TPSA) is 17.1 Å². The summed E-state index contributed by atoms with van der Waals surface area (Å²) in [6.07, 6.45) is 1.89. The third-order valence-corrected chi connectivity index (χ3v) is 3.07. The van der Waals surface area contributed by atoms with Crippen LogP contribution < -0.4 is 0 Å². The molecule has 0 amide bonds. The molecule has 0 saturated heterocycles. The first-order valence-electron chi connectivity index (χ1n) is 5.21. The summed E-state index contributed by atoms with van der Waals surface area (Å²) in [5.74, 6) is 0.308. The fraction of sp³-hybridized carbons (Fsp3) is 0.462. The Bertz CT molecular complexity index is 388. The van der Waals surface area contributed by atoms with Gasteiger partial charge in [-0.25, -0.2) is 0 Å². The van der Waals surface area contributed by atoms with E-state index in [1.807, 2.05) is 13.8 Å². The van der Waals surface area contributed by atoms with E-state index in [0.717, 1.165) is 18.4 Å². The van der Waals surface area contributed by atoms with Crippen molar-refractivity contribution < 1.29 is 4.79 Å². The van der Waals surface area contributed by atoms with Gasteiger partial charge >= 0.3 is 0 Å². The molecule has 0 radical (unpaired) electrons. The van der Waals surface area contributed by atoms with E-state index in [1.165, 1.54) is 11.1 Å². The molecule has 1 aliphatic carbocycles. The minimum absolute atomic E-state index is 0.186. The summed E-state index contributed by atoms with van der Waals surface area (Å²) in [5, 5.41) is 0. The number of aryl methyl sites for hydroxylation is 1. The average molecular weight is 188 g/mol. The van der Waals surface area contributed by atoms with Gasteiger partial charge in [0.1, 0.15) is 0 Å². The van der Waals surface area contributed by atoms with E-state index in [9.17, 15) is 4.79 Å². The van der Waals surface area contributed by atoms with Crippen LogP contribution in [-0.2, 0) is 12.8 Å². The van der Waals surface area contributed by atoms with E-state index in [1.54, 1.807) is 0 Å². The molecule has 0 atom stereocenters. The largest absolute Gasteiger partial charge is 0.294 e. The van der Waals surface area contributed by atoms with E-state index >= 15 is 0 Å². The first kappa shape index (κ1) is 9.45. The Balaban J connectivity index is 2.51. The Morgan fingerprint density at radius 3 is 2.71 bits per heavy atom. The predicted molar refractivity (Wildman–Crippen MR) is 57.6 cm³/mol. The maximum Gasteiger partial charge on any atom is 0.169 e. The highest BCUT2D eigenvalue weighted by molar-refractivity contribution is 6.04. The molecule has 1 aliphatic rings. The summed E-state index contributed by atoms with van der Waals surface area (Å²) in [4.78, 5) is 12.0. The van der Waals surface area contributed by atoms with Crippen LogP contribution in [0.5, 0.6) is 0 Å². The highest BCUT2D eigenvalue weighted by Crippen LogP contribution is 2.36. The number of rotatable bonds is 1. The third kappa shape index (κ3) is 1.28. The van der Waals surface area contributed by atoms with Crippen molar-refractivity contribution in [3.8, 4) is 0 Å². The smallest absolute Gasteiger partial charge is 0.169 e. The fourth-order valence-corrected chi connectivity index (χ4v) is 2.13. The molecule has 0 aliphatic heterocycles. The van der Waals surface area contributed by atoms with Crippen LogP contribution in [0.25, 0.3) is 0 Å². The van der Waals surface area contributed by atoms with Crippen molar-refractivity contribution in [1.29, 1.82) is 0 Å². The van der Waals surface area contributed by atoms with Gasteiger partial charge in [0.2, 0.25) is 0 Å². The summed E-state index contributed by atoms with van der Waals surface area (Å²) in [5.41, 5.74) is 3.25. The number of benzene rings is 1. The van der Waals surface area contributed by atoms with Gasteiger partial charge in [-0.1, -0.05) is 32.9 Å². The Morgan fingerprint density at radius 1 is 1.36 bits per heavy atom. The average Bonchev–Trinajstić information content (AvgIpc) is 2.38. The second-order valence-electron chi connectivity index (χ2n) is 4.73. The van der Waals surface area contributed by atoms with Crippen molar-refractivity contribution in [2.24, 2.45) is 5.41 Å². The molecule has 0 saturated carbocycles. The van der Waals surface area contributed by atoms with Crippen molar-refractivity contribution in [2.45, 2.75) is 33.6 Å². The van der Waals surface area contributed by atoms with Crippen LogP contribution in [0.1, 0.15) is 42.3 Å². The number of ketones is 1. The molecule has 0 aromatic heterocycles. The normalized spacial score (nSPS) is 18.4. The third-order valence-electron chi connectivity index (χ3n) is 3.07. The molecule has 74 valence electrons. The van der Waals surface area contributed by atoms with Crippen LogP contribution in [0.2, 0.25) is 0 Å². The molecule has 14 heavy (non-hydrogen) atoms. The molecule has 0 heterocycles. The number of hydrogen-bond acceptors (Lipinski definition) is 1. The van der Waals surface area contributed by atoms with Crippen LogP contribution in [0.4, 0.5) is 0 Å². The number of Topliss-reactive ketones (excluding diaryl/α,β-unsaturated/α-hetero) is 1. The van der Waals surface area contributed by atoms with Crippen molar-refractivity contribution in [2.75, 3.05) is 0 Å². The van der Waals surface area contributed by atoms with Gasteiger partial charge < -0.3 is 0 Å². The van der Waals surface area contributed by atoms with E-state index < -0.39 is 0 Å². The second kappa shape index (κ2) is 2.94. The summed E-state index contributed by atoms with van der Waals surface area (Å²) in [6, 6.07) is 6.31. The maximum absolute atomic E-state index is 12.0. The predicted octanol–water partition coefficient (Wildman–Crippen LogP) is 3.01. The number of hydrogen-bond donors (Lipinski definition) is 0. The van der Waals surface area contributed by atoms with Gasteiger partial charge in [0.05, 0.1) is 0 Å². The first-order chi connectivity index (χ1) is 6.54. The van der Waals surface area contributed by atoms with E-state index in [-0.39, 0.29) is 5.41 Å². The molecule has 0 N–H and O–H groups in total. The zero-order chi connectivity index (χ0) is 10.3. The van der Waals surface area contributed by atoms with Gasteiger partial charge in [-0.3, -0.25) is 4.79 Å². The Morgan fingerprint density at radius 2 is 2.07 bits per heavy atom. The minimum Gasteiger partial charge on any atom is -0.294 e. The Labute approximate surface area is 85.1 Å². The lowest BCUT2D eigenvalue weighted by Crippen LogP contribution is -2.18. The van der Waals surface area contributed by atoms with E-state index in [4.69, 9.17) is 0 Å². The van der Waals surface area contributed by atoms with Gasteiger partial charge in [-0.05, 0) is 30.0 Å². The van der Waals surface area contributed by atoms with Gasteiger partial charge in [0.25, 0.3) is 0 Å². The lowest BCUT2D eigenvalue weighted by Gasteiger charge is -2.12. The van der Waals surface area contributed by atoms with E-state index in [2.05, 4.69) is 25.1 Å². The Hall–Kier alpha value is -1.11. The molecular formula is C13H16O. The lowest BCUT2D eigenvalue weighted by molar-refractivity contribution is 0.0863. The lowest BCUT2D eigenvalue weighted by atomic mass is 9.89. The quantitative estimate of drug-likeness (QED) is 0.662. The Kier molecular flexibility index (Phi) is 1.99. The van der Waals surface area contributed by atoms with Gasteiger partial charge in [0.15, 0.2) is 5.78 Å².